The van der Waals surface area contributed by atoms with Crippen molar-refractivity contribution in [2.24, 2.45) is 0 Å². The van der Waals surface area contributed by atoms with Crippen LogP contribution in [0.3, 0.4) is 0 Å². The van der Waals surface area contributed by atoms with Gasteiger partial charge in [-0.1, -0.05) is 0 Å². The largest absolute Gasteiger partial charge is 0.485 e. The molecule has 3 fully saturated rings. The quantitative estimate of drug-likeness (QED) is 0.638. The topological polar surface area (TPSA) is 108 Å². The molecule has 2 aromatic rings. The fourth-order valence-corrected chi connectivity index (χ4v) is 5.26. The van der Waals surface area contributed by atoms with Crippen LogP contribution in [0.25, 0.3) is 0 Å². The van der Waals surface area contributed by atoms with Crippen LogP contribution in [0.4, 0.5) is 27.9 Å². The number of fused-ring (bicyclic) bond motifs is 2. The van der Waals surface area contributed by atoms with Gasteiger partial charge < -0.3 is 34.2 Å². The van der Waals surface area contributed by atoms with Gasteiger partial charge in [0.2, 0.25) is 0 Å². The Morgan fingerprint density at radius 3 is 2.53 bits per heavy atom. The number of amides is 1. The summed E-state index contributed by atoms with van der Waals surface area (Å²) in [5.74, 6) is 3.27. The van der Waals surface area contributed by atoms with E-state index in [4.69, 9.17) is 19.2 Å². The minimum absolute atomic E-state index is 0.222. The van der Waals surface area contributed by atoms with Crippen LogP contribution >= 0.6 is 0 Å². The summed E-state index contributed by atoms with van der Waals surface area (Å²) in [6.07, 6.45) is 3.18. The maximum atomic E-state index is 12.3. The van der Waals surface area contributed by atoms with Crippen LogP contribution in [0, 0.1) is 0 Å². The second-order valence-electron chi connectivity index (χ2n) is 11.1. The zero-order valence-corrected chi connectivity index (χ0v) is 22.4. The van der Waals surface area contributed by atoms with E-state index in [9.17, 15) is 4.79 Å². The van der Waals surface area contributed by atoms with Crippen LogP contribution in [0.15, 0.2) is 18.6 Å². The molecule has 1 amide bonds. The first kappa shape index (κ1) is 24.9. The normalized spacial score (nSPS) is 20.4. The summed E-state index contributed by atoms with van der Waals surface area (Å²) >= 11 is 0. The van der Waals surface area contributed by atoms with Crippen molar-refractivity contribution in [2.75, 3.05) is 80.7 Å². The number of nitrogens with zero attached hydrogens (tertiary/aromatic N) is 7. The third kappa shape index (κ3) is 5.14. The SMILES string of the molecule is CC(C)(C)OC(=O)N1CC(N2CCN(c3cc4c(cn3)OCc3c(ncnc3N3CCOCC3)N4)CC2)C1. The summed E-state index contributed by atoms with van der Waals surface area (Å²) < 4.78 is 17.1. The highest BCUT2D eigenvalue weighted by atomic mass is 16.6. The molecule has 0 spiro atoms. The molecule has 6 rings (SSSR count). The highest BCUT2D eigenvalue weighted by Gasteiger charge is 2.38. The maximum absolute atomic E-state index is 12.3. The van der Waals surface area contributed by atoms with Crippen LogP contribution in [-0.4, -0.2) is 108 Å². The number of rotatable bonds is 3. The summed E-state index contributed by atoms with van der Waals surface area (Å²) in [6.45, 7) is 14.1. The minimum Gasteiger partial charge on any atom is -0.485 e. The molecule has 3 saturated heterocycles. The van der Waals surface area contributed by atoms with E-state index in [0.29, 0.717) is 31.6 Å². The van der Waals surface area contributed by atoms with E-state index < -0.39 is 5.60 Å². The van der Waals surface area contributed by atoms with Gasteiger partial charge in [0.15, 0.2) is 5.75 Å². The number of carbonyl (C=O) groups excluding carboxylic acids is 1. The second-order valence-corrected chi connectivity index (χ2v) is 11.1. The molecule has 204 valence electrons. The van der Waals surface area contributed by atoms with E-state index in [1.54, 1.807) is 17.4 Å². The molecule has 0 atom stereocenters. The number of nitrogens with one attached hydrogen (secondary N) is 1. The van der Waals surface area contributed by atoms with Gasteiger partial charge in [0.1, 0.15) is 36.0 Å². The Hall–Kier alpha value is -3.38. The molecule has 0 radical (unpaired) electrons. The Bertz CT molecular complexity index is 1170. The molecule has 6 heterocycles. The number of likely N-dealkylation sites (tertiary alicyclic amines) is 1. The molecular weight excluding hydrogens is 488 g/mol. The summed E-state index contributed by atoms with van der Waals surface area (Å²) in [6, 6.07) is 2.43. The first-order chi connectivity index (χ1) is 18.3. The van der Waals surface area contributed by atoms with Crippen LogP contribution in [0.5, 0.6) is 5.75 Å². The number of piperazine rings is 1. The lowest BCUT2D eigenvalue weighted by Gasteiger charge is -2.48. The molecule has 38 heavy (non-hydrogen) atoms. The molecule has 4 aliphatic rings. The van der Waals surface area contributed by atoms with Gasteiger partial charge in [-0.15, -0.1) is 0 Å². The number of carbonyl (C=O) groups is 1. The minimum atomic E-state index is -0.464. The first-order valence-corrected chi connectivity index (χ1v) is 13.4. The standard InChI is InChI=1S/C26H36N8O4/c1-26(2,3)38-25(35)34-14-18(15-34)31-4-6-32(7-5-31)22-12-20-21(13-27-22)37-16-19-23(30-20)28-17-29-24(19)33-8-10-36-11-9-33/h12-13,17-18H,4-11,14-16H2,1-3H3,(H,28,29,30). The van der Waals surface area contributed by atoms with Gasteiger partial charge >= 0.3 is 6.09 Å². The van der Waals surface area contributed by atoms with Crippen LogP contribution in [-0.2, 0) is 16.1 Å². The third-order valence-electron chi connectivity index (χ3n) is 7.38. The Kier molecular flexibility index (Phi) is 6.60. The van der Waals surface area contributed by atoms with Gasteiger partial charge in [-0.3, -0.25) is 4.90 Å². The number of anilines is 4. The Labute approximate surface area is 222 Å². The lowest BCUT2D eigenvalue weighted by molar-refractivity contribution is -0.0162. The highest BCUT2D eigenvalue weighted by Crippen LogP contribution is 2.37. The summed E-state index contributed by atoms with van der Waals surface area (Å²) in [4.78, 5) is 34.8. The van der Waals surface area contributed by atoms with Gasteiger partial charge in [0, 0.05) is 64.5 Å². The smallest absolute Gasteiger partial charge is 0.410 e. The lowest BCUT2D eigenvalue weighted by Crippen LogP contribution is -2.64. The van der Waals surface area contributed by atoms with Gasteiger partial charge in [-0.05, 0) is 20.8 Å². The van der Waals surface area contributed by atoms with Crippen molar-refractivity contribution < 1.29 is 19.0 Å². The molecule has 2 aromatic heterocycles. The van der Waals surface area contributed by atoms with Crippen molar-refractivity contribution in [3.05, 3.63) is 24.2 Å². The fraction of sp³-hybridized carbons (Fsp3) is 0.615. The van der Waals surface area contributed by atoms with E-state index in [1.165, 1.54) is 0 Å². The second kappa shape index (κ2) is 10.1. The summed E-state index contributed by atoms with van der Waals surface area (Å²) in [5, 5.41) is 3.48. The molecule has 0 bridgehead atoms. The third-order valence-corrected chi connectivity index (χ3v) is 7.38. The van der Waals surface area contributed by atoms with Crippen molar-refractivity contribution in [1.29, 1.82) is 0 Å². The van der Waals surface area contributed by atoms with Gasteiger partial charge in [-0.2, -0.15) is 0 Å². The lowest BCUT2D eigenvalue weighted by atomic mass is 10.1. The number of hydrogen-bond donors (Lipinski definition) is 1. The molecule has 0 aliphatic carbocycles. The van der Waals surface area contributed by atoms with Crippen molar-refractivity contribution >= 4 is 29.2 Å². The van der Waals surface area contributed by atoms with Gasteiger partial charge in [0.05, 0.1) is 30.7 Å². The molecule has 1 N–H and O–H groups in total. The van der Waals surface area contributed by atoms with E-state index >= 15 is 0 Å². The predicted octanol–water partition coefficient (Wildman–Crippen LogP) is 2.09. The number of hydrogen-bond acceptors (Lipinski definition) is 11. The molecule has 4 aliphatic heterocycles. The van der Waals surface area contributed by atoms with Crippen LogP contribution in [0.1, 0.15) is 26.3 Å². The number of ether oxygens (including phenoxy) is 3. The van der Waals surface area contributed by atoms with E-state index in [-0.39, 0.29) is 6.09 Å². The molecule has 0 unspecified atom stereocenters. The van der Waals surface area contributed by atoms with Crippen LogP contribution < -0.4 is 19.9 Å². The van der Waals surface area contributed by atoms with E-state index in [2.05, 4.69) is 30.0 Å². The zero-order valence-electron chi connectivity index (χ0n) is 22.4. The van der Waals surface area contributed by atoms with Crippen molar-refractivity contribution in [2.45, 2.75) is 39.0 Å². The van der Waals surface area contributed by atoms with E-state index in [0.717, 1.165) is 81.1 Å². The molecular formula is C26H36N8O4. The number of morpholine rings is 1. The maximum Gasteiger partial charge on any atom is 0.410 e. The molecule has 12 nitrogen and oxygen atoms in total. The van der Waals surface area contributed by atoms with E-state index in [1.807, 2.05) is 26.8 Å². The Morgan fingerprint density at radius 1 is 1.03 bits per heavy atom. The Balaban J connectivity index is 1.08. The number of pyridine rings is 1. The molecule has 0 saturated carbocycles. The summed E-state index contributed by atoms with van der Waals surface area (Å²) in [7, 11) is 0. The average Bonchev–Trinajstić information content (AvgIpc) is 3.06. The molecule has 12 heteroatoms. The van der Waals surface area contributed by atoms with Crippen molar-refractivity contribution in [1.82, 2.24) is 24.8 Å². The zero-order chi connectivity index (χ0) is 26.3. The highest BCUT2D eigenvalue weighted by molar-refractivity contribution is 5.73. The van der Waals surface area contributed by atoms with Crippen LogP contribution in [0.2, 0.25) is 0 Å². The average molecular weight is 525 g/mol. The fourth-order valence-electron chi connectivity index (χ4n) is 5.26. The van der Waals surface area contributed by atoms with Crippen molar-refractivity contribution in [3.8, 4) is 5.75 Å². The van der Waals surface area contributed by atoms with Gasteiger partial charge in [-0.25, -0.2) is 19.7 Å². The monoisotopic (exact) mass is 524 g/mol. The number of aromatic nitrogens is 3. The predicted molar refractivity (Wildman–Crippen MR) is 142 cm³/mol. The van der Waals surface area contributed by atoms with Crippen molar-refractivity contribution in [3.63, 3.8) is 0 Å². The molecule has 0 aromatic carbocycles. The van der Waals surface area contributed by atoms with Gasteiger partial charge in [0.25, 0.3) is 0 Å². The summed E-state index contributed by atoms with van der Waals surface area (Å²) in [5.41, 5.74) is 1.34. The Morgan fingerprint density at radius 2 is 1.79 bits per heavy atom. The first-order valence-electron chi connectivity index (χ1n) is 13.4.